The number of rotatable bonds is 12. The number of pyridine rings is 1. The molecule has 4 aromatic rings. The Morgan fingerprint density at radius 2 is 1.95 bits per heavy atom. The van der Waals surface area contributed by atoms with Crippen LogP contribution in [0.4, 0.5) is 0 Å². The van der Waals surface area contributed by atoms with Crippen molar-refractivity contribution in [3.63, 3.8) is 0 Å². The van der Waals surface area contributed by atoms with E-state index in [4.69, 9.17) is 16.6 Å². The second-order valence-electron chi connectivity index (χ2n) is 11.3. The Hall–Kier alpha value is -1.64. The number of carbonyl (C=O) groups excluding carboxylic acids is 1. The normalized spacial score (nSPS) is 15.1. The van der Waals surface area contributed by atoms with Gasteiger partial charge in [-0.3, -0.25) is 0 Å². The summed E-state index contributed by atoms with van der Waals surface area (Å²) >= 11 is 9.72. The Kier molecular flexibility index (Phi) is 10.8. The number of hydrogen-bond donors (Lipinski definition) is 1. The van der Waals surface area contributed by atoms with E-state index in [-0.39, 0.29) is 46.6 Å². The van der Waals surface area contributed by atoms with Crippen molar-refractivity contribution in [2.75, 3.05) is 5.75 Å². The molecule has 0 spiro atoms. The SMILES string of the molecule is CC(C)(O)c1ccccc1CCC(SCC1(CC(=O)[O-])CC1)c1cccc(/C=C/c2ccc3scc(Cl)c3n2)c1.[Na+]. The number of carboxylic acid groups (broad SMARTS) is 1. The molecule has 0 aliphatic heterocycles. The Morgan fingerprint density at radius 3 is 2.68 bits per heavy atom. The van der Waals surface area contributed by atoms with Gasteiger partial charge in [0, 0.05) is 16.6 Å². The number of aliphatic hydroxyl groups is 1. The van der Waals surface area contributed by atoms with Crippen LogP contribution in [0.3, 0.4) is 0 Å². The Balaban J connectivity index is 0.00000387. The van der Waals surface area contributed by atoms with Crippen LogP contribution < -0.4 is 34.7 Å². The van der Waals surface area contributed by atoms with Gasteiger partial charge in [0.15, 0.2) is 0 Å². The number of nitrogens with zero attached hydrogens (tertiary/aromatic N) is 1. The van der Waals surface area contributed by atoms with Gasteiger partial charge in [-0.2, -0.15) is 11.8 Å². The van der Waals surface area contributed by atoms with Crippen molar-refractivity contribution >= 4 is 63.0 Å². The molecule has 2 heterocycles. The quantitative estimate of drug-likeness (QED) is 0.235. The zero-order valence-corrected chi connectivity index (χ0v) is 28.1. The van der Waals surface area contributed by atoms with Crippen molar-refractivity contribution in [1.82, 2.24) is 4.98 Å². The van der Waals surface area contributed by atoms with Gasteiger partial charge < -0.3 is 15.0 Å². The van der Waals surface area contributed by atoms with Crippen molar-refractivity contribution in [3.8, 4) is 0 Å². The Labute approximate surface area is 277 Å². The fourth-order valence-electron chi connectivity index (χ4n) is 5.14. The molecule has 8 heteroatoms. The van der Waals surface area contributed by atoms with E-state index in [1.165, 1.54) is 5.56 Å². The van der Waals surface area contributed by atoms with Crippen LogP contribution in [0.1, 0.15) is 72.7 Å². The number of thiophene rings is 1. The number of benzene rings is 2. The van der Waals surface area contributed by atoms with Crippen LogP contribution in [0.2, 0.25) is 5.02 Å². The van der Waals surface area contributed by atoms with Crippen LogP contribution >= 0.6 is 34.7 Å². The fourth-order valence-corrected chi connectivity index (χ4v) is 7.80. The Bertz CT molecular complexity index is 1540. The molecule has 1 aliphatic carbocycles. The predicted molar refractivity (Wildman–Crippen MR) is 166 cm³/mol. The first-order chi connectivity index (χ1) is 19.1. The largest absolute Gasteiger partial charge is 1.00 e. The molecule has 0 amide bonds. The summed E-state index contributed by atoms with van der Waals surface area (Å²) in [6.45, 7) is 3.65. The second-order valence-corrected chi connectivity index (χ2v) is 13.8. The number of carbonyl (C=O) groups is 1. The molecule has 1 aliphatic rings. The summed E-state index contributed by atoms with van der Waals surface area (Å²) in [6.07, 6.45) is 7.78. The van der Waals surface area contributed by atoms with E-state index in [1.54, 1.807) is 11.3 Å². The van der Waals surface area contributed by atoms with Crippen LogP contribution in [0, 0.1) is 5.41 Å². The van der Waals surface area contributed by atoms with Crippen molar-refractivity contribution in [1.29, 1.82) is 0 Å². The molecular weight excluding hydrogens is 581 g/mol. The van der Waals surface area contributed by atoms with Crippen molar-refractivity contribution in [2.45, 2.75) is 56.8 Å². The van der Waals surface area contributed by atoms with Gasteiger partial charge in [-0.15, -0.1) is 11.3 Å². The summed E-state index contributed by atoms with van der Waals surface area (Å²) in [7, 11) is 0. The average molecular weight is 614 g/mol. The summed E-state index contributed by atoms with van der Waals surface area (Å²) in [4.78, 5) is 16.1. The maximum absolute atomic E-state index is 11.4. The van der Waals surface area contributed by atoms with Gasteiger partial charge in [0.1, 0.15) is 5.52 Å². The number of aliphatic carboxylic acids is 1. The van der Waals surface area contributed by atoms with E-state index in [1.807, 2.05) is 67.4 Å². The van der Waals surface area contributed by atoms with Gasteiger partial charge in [-0.1, -0.05) is 66.2 Å². The molecule has 0 bridgehead atoms. The van der Waals surface area contributed by atoms with Gasteiger partial charge in [0.05, 0.1) is 21.0 Å². The molecule has 5 rings (SSSR count). The third-order valence-electron chi connectivity index (χ3n) is 7.54. The summed E-state index contributed by atoms with van der Waals surface area (Å²) in [5.41, 5.74) is 5.00. The third kappa shape index (κ3) is 8.47. The first kappa shape index (κ1) is 32.3. The standard InChI is InChI=1S/C33H34ClNO3S2.Na/c1-32(2,38)26-9-4-3-7-23(26)11-14-28(40-21-33(16-17-33)19-30(36)37)24-8-5-6-22(18-24)10-12-25-13-15-29-31(35-25)27(34)20-39-29;/h3-10,12-13,15,18,20,28,38H,11,14,16-17,19,21H2,1-2H3,(H,36,37);/q;+1/p-1/b12-10+;. The minimum Gasteiger partial charge on any atom is -0.550 e. The molecule has 0 saturated heterocycles. The first-order valence-corrected chi connectivity index (χ1v) is 15.9. The van der Waals surface area contributed by atoms with Gasteiger partial charge in [0.2, 0.25) is 0 Å². The number of fused-ring (bicyclic) bond motifs is 1. The fraction of sp³-hybridized carbons (Fsp3) is 0.333. The third-order valence-corrected chi connectivity index (χ3v) is 10.6. The summed E-state index contributed by atoms with van der Waals surface area (Å²) < 4.78 is 1.07. The second kappa shape index (κ2) is 13.8. The molecule has 2 aromatic heterocycles. The van der Waals surface area contributed by atoms with Crippen molar-refractivity contribution in [2.24, 2.45) is 5.41 Å². The molecule has 0 radical (unpaired) electrons. The molecule has 1 saturated carbocycles. The van der Waals surface area contributed by atoms with E-state index >= 15 is 0 Å². The molecule has 1 atom stereocenters. The number of halogens is 1. The summed E-state index contributed by atoms with van der Waals surface area (Å²) in [6, 6.07) is 20.7. The number of hydrogen-bond acceptors (Lipinski definition) is 6. The molecule has 1 fully saturated rings. The number of aryl methyl sites for hydroxylation is 1. The van der Waals surface area contributed by atoms with Crippen LogP contribution in [0.5, 0.6) is 0 Å². The molecule has 1 N–H and O–H groups in total. The number of aromatic nitrogens is 1. The monoisotopic (exact) mass is 613 g/mol. The van der Waals surface area contributed by atoms with Crippen LogP contribution in [0.25, 0.3) is 22.4 Å². The zero-order valence-electron chi connectivity index (χ0n) is 23.7. The van der Waals surface area contributed by atoms with Crippen molar-refractivity contribution < 1.29 is 44.6 Å². The summed E-state index contributed by atoms with van der Waals surface area (Å²) in [5, 5.41) is 24.8. The smallest absolute Gasteiger partial charge is 0.550 e. The molecule has 41 heavy (non-hydrogen) atoms. The number of carboxylic acids is 1. The first-order valence-electron chi connectivity index (χ1n) is 13.6. The van der Waals surface area contributed by atoms with Crippen LogP contribution in [0.15, 0.2) is 66.0 Å². The van der Waals surface area contributed by atoms with Gasteiger partial charge in [0.25, 0.3) is 0 Å². The van der Waals surface area contributed by atoms with Crippen LogP contribution in [-0.2, 0) is 16.8 Å². The minimum absolute atomic E-state index is 0. The predicted octanol–water partition coefficient (Wildman–Crippen LogP) is 4.68. The topological polar surface area (TPSA) is 73.2 Å². The zero-order chi connectivity index (χ0) is 28.3. The molecular formula is C33H33ClNNaO3S2. The van der Waals surface area contributed by atoms with E-state index in [0.29, 0.717) is 5.02 Å². The van der Waals surface area contributed by atoms with E-state index in [0.717, 1.165) is 64.0 Å². The van der Waals surface area contributed by atoms with Crippen molar-refractivity contribution in [3.05, 3.63) is 99.0 Å². The van der Waals surface area contributed by atoms with E-state index in [2.05, 4.69) is 36.4 Å². The number of thioether (sulfide) groups is 1. The average Bonchev–Trinajstić information content (AvgIpc) is 3.58. The summed E-state index contributed by atoms with van der Waals surface area (Å²) in [5.74, 6) is -0.166. The maximum atomic E-state index is 11.4. The molecule has 1 unspecified atom stereocenters. The molecule has 208 valence electrons. The van der Waals surface area contributed by atoms with Gasteiger partial charge in [-0.05, 0) is 97.6 Å². The maximum Gasteiger partial charge on any atom is 1.00 e. The van der Waals surface area contributed by atoms with E-state index < -0.39 is 11.6 Å². The Morgan fingerprint density at radius 1 is 1.17 bits per heavy atom. The molecule has 4 nitrogen and oxygen atoms in total. The van der Waals surface area contributed by atoms with E-state index in [9.17, 15) is 15.0 Å². The van der Waals surface area contributed by atoms with Crippen LogP contribution in [-0.4, -0.2) is 21.8 Å². The minimum atomic E-state index is -0.962. The van der Waals surface area contributed by atoms with Gasteiger partial charge >= 0.3 is 29.6 Å². The van der Waals surface area contributed by atoms with Gasteiger partial charge in [-0.25, -0.2) is 4.98 Å². The molecule has 2 aromatic carbocycles.